The molecule has 1 aromatic rings. The molecular weight excluding hydrogens is 182 g/mol. The van der Waals surface area contributed by atoms with E-state index < -0.39 is 0 Å². The number of nitrogens with one attached hydrogen (secondary N) is 1. The first-order valence-electron chi connectivity index (χ1n) is 4.81. The number of thiazole rings is 1. The van der Waals surface area contributed by atoms with Crippen molar-refractivity contribution in [3.05, 3.63) is 10.6 Å². The van der Waals surface area contributed by atoms with Gasteiger partial charge in [-0.15, -0.1) is 11.3 Å². The third-order valence-electron chi connectivity index (χ3n) is 2.66. The summed E-state index contributed by atoms with van der Waals surface area (Å²) in [5.41, 5.74) is 3.93. The molecule has 0 saturated heterocycles. The molecule has 0 radical (unpaired) electrons. The van der Waals surface area contributed by atoms with Crippen LogP contribution >= 0.6 is 11.3 Å². The summed E-state index contributed by atoms with van der Waals surface area (Å²) in [4.78, 5) is 5.90. The molecule has 0 spiro atoms. The maximum absolute atomic E-state index is 5.34. The predicted octanol–water partition coefficient (Wildman–Crippen LogP) is 2.26. The molecule has 3 nitrogen and oxygen atoms in total. The maximum atomic E-state index is 5.34. The van der Waals surface area contributed by atoms with Crippen molar-refractivity contribution in [1.82, 2.24) is 4.98 Å². The van der Waals surface area contributed by atoms with Gasteiger partial charge < -0.3 is 0 Å². The van der Waals surface area contributed by atoms with Crippen molar-refractivity contribution in [1.29, 1.82) is 0 Å². The fourth-order valence-corrected chi connectivity index (χ4v) is 2.58. The Hall–Kier alpha value is -0.610. The van der Waals surface area contributed by atoms with Crippen LogP contribution in [-0.4, -0.2) is 4.98 Å². The van der Waals surface area contributed by atoms with Gasteiger partial charge in [0, 0.05) is 10.8 Å². The Balaban J connectivity index is 2.25. The van der Waals surface area contributed by atoms with E-state index >= 15 is 0 Å². The molecular formula is C9H15N3S. The summed E-state index contributed by atoms with van der Waals surface area (Å²) < 4.78 is 0. The Morgan fingerprint density at radius 2 is 2.38 bits per heavy atom. The molecule has 72 valence electrons. The molecule has 3 N–H and O–H groups in total. The molecule has 0 bridgehead atoms. The minimum atomic E-state index is 0.716. The largest absolute Gasteiger partial charge is 0.300 e. The smallest absolute Gasteiger partial charge is 0.197 e. The lowest BCUT2D eigenvalue weighted by atomic mass is 9.82. The summed E-state index contributed by atoms with van der Waals surface area (Å²) >= 11 is 1.69. The molecule has 0 aromatic carbocycles. The molecule has 1 aromatic heterocycles. The van der Waals surface area contributed by atoms with Crippen molar-refractivity contribution in [3.63, 3.8) is 0 Å². The normalized spacial score (nSPS) is 17.1. The number of hydrogen-bond donors (Lipinski definition) is 2. The molecule has 2 rings (SSSR count). The average molecular weight is 197 g/mol. The number of anilines is 1. The van der Waals surface area contributed by atoms with Crippen molar-refractivity contribution in [2.45, 2.75) is 38.5 Å². The molecule has 1 aliphatic carbocycles. The van der Waals surface area contributed by atoms with Crippen LogP contribution in [0.25, 0.3) is 0 Å². The van der Waals surface area contributed by atoms with Crippen LogP contribution < -0.4 is 11.3 Å². The van der Waals surface area contributed by atoms with Gasteiger partial charge in [-0.1, -0.05) is 13.3 Å². The molecule has 13 heavy (non-hydrogen) atoms. The first-order chi connectivity index (χ1) is 6.35. The van der Waals surface area contributed by atoms with E-state index in [9.17, 15) is 0 Å². The topological polar surface area (TPSA) is 50.9 Å². The van der Waals surface area contributed by atoms with Crippen LogP contribution in [0.1, 0.15) is 42.7 Å². The highest BCUT2D eigenvalue weighted by atomic mass is 32.1. The minimum Gasteiger partial charge on any atom is -0.300 e. The third-order valence-corrected chi connectivity index (χ3v) is 3.81. The Morgan fingerprint density at radius 1 is 1.62 bits per heavy atom. The Kier molecular flexibility index (Phi) is 2.51. The SMILES string of the molecule is CCc1sc(NN)nc1C1CCC1. The van der Waals surface area contributed by atoms with E-state index in [0.717, 1.165) is 11.6 Å². The van der Waals surface area contributed by atoms with Crippen molar-refractivity contribution >= 4 is 16.5 Å². The van der Waals surface area contributed by atoms with Gasteiger partial charge >= 0.3 is 0 Å². The first kappa shape index (κ1) is 8.97. The number of nitrogens with two attached hydrogens (primary N) is 1. The number of nitrogen functional groups attached to an aromatic ring is 1. The number of hydrazine groups is 1. The number of aromatic nitrogens is 1. The van der Waals surface area contributed by atoms with Gasteiger partial charge in [0.25, 0.3) is 0 Å². The quantitative estimate of drug-likeness (QED) is 0.577. The van der Waals surface area contributed by atoms with Crippen molar-refractivity contribution in [3.8, 4) is 0 Å². The molecule has 0 amide bonds. The van der Waals surface area contributed by atoms with Crippen LogP contribution in [0.4, 0.5) is 5.13 Å². The third kappa shape index (κ3) is 1.56. The monoisotopic (exact) mass is 197 g/mol. The lowest BCUT2D eigenvalue weighted by Gasteiger charge is -2.24. The van der Waals surface area contributed by atoms with E-state index in [1.807, 2.05) is 0 Å². The second-order valence-corrected chi connectivity index (χ2v) is 4.54. The molecule has 1 fully saturated rings. The maximum Gasteiger partial charge on any atom is 0.197 e. The average Bonchev–Trinajstić information content (AvgIpc) is 2.45. The molecule has 1 aliphatic rings. The van der Waals surface area contributed by atoms with Crippen molar-refractivity contribution < 1.29 is 0 Å². The zero-order valence-corrected chi connectivity index (χ0v) is 8.66. The lowest BCUT2D eigenvalue weighted by molar-refractivity contribution is 0.411. The number of nitrogens with zero attached hydrogens (tertiary/aromatic N) is 1. The van der Waals surface area contributed by atoms with Crippen molar-refractivity contribution in [2.24, 2.45) is 5.84 Å². The molecule has 0 aliphatic heterocycles. The Morgan fingerprint density at radius 3 is 2.85 bits per heavy atom. The summed E-state index contributed by atoms with van der Waals surface area (Å²) in [5, 5.41) is 0.860. The number of rotatable bonds is 3. The molecule has 4 heteroatoms. The predicted molar refractivity (Wildman–Crippen MR) is 55.9 cm³/mol. The zero-order valence-electron chi connectivity index (χ0n) is 7.84. The highest BCUT2D eigenvalue weighted by Gasteiger charge is 2.25. The summed E-state index contributed by atoms with van der Waals surface area (Å²) in [6.45, 7) is 2.18. The standard InChI is InChI=1S/C9H15N3S/c1-2-7-8(6-4-3-5-6)11-9(12-10)13-7/h6H,2-5,10H2,1H3,(H,11,12). The summed E-state index contributed by atoms with van der Waals surface area (Å²) in [6, 6.07) is 0. The van der Waals surface area contributed by atoms with Crippen LogP contribution in [0.15, 0.2) is 0 Å². The van der Waals surface area contributed by atoms with Gasteiger partial charge in [-0.05, 0) is 19.3 Å². The second kappa shape index (κ2) is 3.64. The number of hydrogen-bond acceptors (Lipinski definition) is 4. The van der Waals surface area contributed by atoms with Gasteiger partial charge in [0.2, 0.25) is 0 Å². The van der Waals surface area contributed by atoms with Crippen molar-refractivity contribution in [2.75, 3.05) is 5.43 Å². The van der Waals surface area contributed by atoms with E-state index in [0.29, 0.717) is 5.92 Å². The first-order valence-corrected chi connectivity index (χ1v) is 5.63. The Labute approximate surface area is 82.3 Å². The van der Waals surface area contributed by atoms with E-state index in [1.165, 1.54) is 29.8 Å². The minimum absolute atomic E-state index is 0.716. The molecule has 1 saturated carbocycles. The molecule has 0 atom stereocenters. The van der Waals surface area contributed by atoms with Gasteiger partial charge in [0.1, 0.15) is 0 Å². The van der Waals surface area contributed by atoms with Gasteiger partial charge in [0.05, 0.1) is 5.69 Å². The highest BCUT2D eigenvalue weighted by molar-refractivity contribution is 7.15. The van der Waals surface area contributed by atoms with Crippen LogP contribution in [0.3, 0.4) is 0 Å². The van der Waals surface area contributed by atoms with Gasteiger partial charge in [-0.3, -0.25) is 5.43 Å². The molecule has 1 heterocycles. The fraction of sp³-hybridized carbons (Fsp3) is 0.667. The van der Waals surface area contributed by atoms with Gasteiger partial charge in [-0.25, -0.2) is 10.8 Å². The fourth-order valence-electron chi connectivity index (χ4n) is 1.68. The second-order valence-electron chi connectivity index (χ2n) is 3.45. The van der Waals surface area contributed by atoms with E-state index in [4.69, 9.17) is 5.84 Å². The Bertz CT molecular complexity index is 291. The summed E-state index contributed by atoms with van der Waals surface area (Å²) in [5.74, 6) is 6.06. The van der Waals surface area contributed by atoms with Crippen LogP contribution in [0.2, 0.25) is 0 Å². The van der Waals surface area contributed by atoms with Gasteiger partial charge in [0.15, 0.2) is 5.13 Å². The van der Waals surface area contributed by atoms with E-state index in [-0.39, 0.29) is 0 Å². The molecule has 0 unspecified atom stereocenters. The van der Waals surface area contributed by atoms with Crippen LogP contribution in [-0.2, 0) is 6.42 Å². The zero-order chi connectivity index (χ0) is 9.26. The summed E-state index contributed by atoms with van der Waals surface area (Å²) in [7, 11) is 0. The number of aryl methyl sites for hydroxylation is 1. The van der Waals surface area contributed by atoms with Crippen LogP contribution in [0.5, 0.6) is 0 Å². The lowest BCUT2D eigenvalue weighted by Crippen LogP contribution is -2.11. The highest BCUT2D eigenvalue weighted by Crippen LogP contribution is 2.40. The van der Waals surface area contributed by atoms with Crippen LogP contribution in [0, 0.1) is 0 Å². The van der Waals surface area contributed by atoms with Gasteiger partial charge in [-0.2, -0.15) is 0 Å². The summed E-state index contributed by atoms with van der Waals surface area (Å²) in [6.07, 6.45) is 5.05. The van der Waals surface area contributed by atoms with E-state index in [1.54, 1.807) is 11.3 Å². The van der Waals surface area contributed by atoms with E-state index in [2.05, 4.69) is 17.3 Å².